The van der Waals surface area contributed by atoms with Crippen LogP contribution in [0.25, 0.3) is 0 Å². The maximum Gasteiger partial charge on any atom is 0.252 e. The van der Waals surface area contributed by atoms with E-state index in [0.29, 0.717) is 18.5 Å². The smallest absolute Gasteiger partial charge is 0.252 e. The molecule has 1 rings (SSSR count). The fraction of sp³-hybridized carbons (Fsp3) is 0.545. The third-order valence-electron chi connectivity index (χ3n) is 2.35. The molecule has 1 aromatic heterocycles. The van der Waals surface area contributed by atoms with Crippen molar-refractivity contribution in [1.82, 2.24) is 5.32 Å². The van der Waals surface area contributed by atoms with E-state index >= 15 is 0 Å². The standard InChI is InChI=1S/C11H16INO2S/c1-11(2,3-4-14)7-13-10(15)8-5-9(12)16-6-8/h5-6,14H,3-4,7H2,1-2H3,(H,13,15). The molecular weight excluding hydrogens is 337 g/mol. The highest BCUT2D eigenvalue weighted by Crippen LogP contribution is 2.19. The molecule has 0 saturated heterocycles. The van der Waals surface area contributed by atoms with E-state index in [-0.39, 0.29) is 17.9 Å². The molecule has 0 radical (unpaired) electrons. The van der Waals surface area contributed by atoms with E-state index < -0.39 is 0 Å². The van der Waals surface area contributed by atoms with Gasteiger partial charge in [-0.1, -0.05) is 13.8 Å². The zero-order chi connectivity index (χ0) is 12.2. The van der Waals surface area contributed by atoms with Crippen molar-refractivity contribution in [2.24, 2.45) is 5.41 Å². The minimum atomic E-state index is -0.0619. The minimum Gasteiger partial charge on any atom is -0.396 e. The first kappa shape index (κ1) is 13.9. The Hall–Kier alpha value is -0.140. The number of thiophene rings is 1. The predicted molar refractivity (Wildman–Crippen MR) is 74.9 cm³/mol. The Morgan fingerprint density at radius 1 is 1.62 bits per heavy atom. The summed E-state index contributed by atoms with van der Waals surface area (Å²) in [6.45, 7) is 4.79. The first-order chi connectivity index (χ1) is 7.44. The van der Waals surface area contributed by atoms with Gasteiger partial charge in [0.05, 0.1) is 8.45 Å². The Morgan fingerprint density at radius 3 is 2.81 bits per heavy atom. The van der Waals surface area contributed by atoms with Gasteiger partial charge >= 0.3 is 0 Å². The van der Waals surface area contributed by atoms with Crippen LogP contribution in [0.3, 0.4) is 0 Å². The van der Waals surface area contributed by atoms with Gasteiger partial charge in [-0.15, -0.1) is 11.3 Å². The maximum atomic E-state index is 11.7. The van der Waals surface area contributed by atoms with Crippen molar-refractivity contribution >= 4 is 39.8 Å². The van der Waals surface area contributed by atoms with Crippen molar-refractivity contribution < 1.29 is 9.90 Å². The summed E-state index contributed by atoms with van der Waals surface area (Å²) in [7, 11) is 0. The molecule has 0 aliphatic carbocycles. The van der Waals surface area contributed by atoms with Crippen molar-refractivity contribution in [1.29, 1.82) is 0 Å². The minimum absolute atomic E-state index is 0.0369. The van der Waals surface area contributed by atoms with Crippen LogP contribution in [0.5, 0.6) is 0 Å². The Kier molecular flexibility index (Phi) is 5.20. The van der Waals surface area contributed by atoms with Gasteiger partial charge < -0.3 is 10.4 Å². The summed E-state index contributed by atoms with van der Waals surface area (Å²) in [5.41, 5.74) is 0.655. The van der Waals surface area contributed by atoms with Gasteiger partial charge in [-0.2, -0.15) is 0 Å². The summed E-state index contributed by atoms with van der Waals surface area (Å²) in [6.07, 6.45) is 0.689. The van der Waals surface area contributed by atoms with Crippen molar-refractivity contribution in [3.05, 3.63) is 19.9 Å². The topological polar surface area (TPSA) is 49.3 Å². The first-order valence-corrected chi connectivity index (χ1v) is 7.03. The molecule has 90 valence electrons. The van der Waals surface area contributed by atoms with Crippen LogP contribution in [-0.2, 0) is 0 Å². The van der Waals surface area contributed by atoms with Crippen LogP contribution in [0.2, 0.25) is 0 Å². The number of carbonyl (C=O) groups excluding carboxylic acids is 1. The number of nitrogens with one attached hydrogen (secondary N) is 1. The summed E-state index contributed by atoms with van der Waals surface area (Å²) in [5.74, 6) is -0.0369. The molecule has 2 N–H and O–H groups in total. The van der Waals surface area contributed by atoms with Gasteiger partial charge in [0.25, 0.3) is 5.91 Å². The lowest BCUT2D eigenvalue weighted by Gasteiger charge is -2.23. The Morgan fingerprint density at radius 2 is 2.31 bits per heavy atom. The van der Waals surface area contributed by atoms with E-state index in [1.807, 2.05) is 25.3 Å². The van der Waals surface area contributed by atoms with Crippen LogP contribution < -0.4 is 5.32 Å². The average molecular weight is 353 g/mol. The van der Waals surface area contributed by atoms with Crippen LogP contribution in [0.15, 0.2) is 11.4 Å². The highest BCUT2D eigenvalue weighted by atomic mass is 127. The van der Waals surface area contributed by atoms with Crippen molar-refractivity contribution in [3.63, 3.8) is 0 Å². The number of hydrogen-bond acceptors (Lipinski definition) is 3. The molecule has 0 fully saturated rings. The second-order valence-electron chi connectivity index (χ2n) is 4.46. The van der Waals surface area contributed by atoms with Crippen LogP contribution >= 0.6 is 33.9 Å². The molecule has 0 aromatic carbocycles. The maximum absolute atomic E-state index is 11.7. The van der Waals surface area contributed by atoms with Crippen LogP contribution in [0.4, 0.5) is 0 Å². The molecule has 1 aromatic rings. The lowest BCUT2D eigenvalue weighted by molar-refractivity contribution is 0.0928. The fourth-order valence-electron chi connectivity index (χ4n) is 1.24. The third-order valence-corrected chi connectivity index (χ3v) is 4.13. The Balaban J connectivity index is 2.47. The van der Waals surface area contributed by atoms with Gasteiger partial charge in [-0.3, -0.25) is 4.79 Å². The molecule has 3 nitrogen and oxygen atoms in total. The summed E-state index contributed by atoms with van der Waals surface area (Å²) in [6, 6.07) is 1.87. The van der Waals surface area contributed by atoms with Crippen LogP contribution in [0.1, 0.15) is 30.6 Å². The molecule has 0 aliphatic heterocycles. The molecule has 0 aliphatic rings. The van der Waals surface area contributed by atoms with Gasteiger partial charge in [0, 0.05) is 18.5 Å². The predicted octanol–water partition coefficient (Wildman–Crippen LogP) is 2.49. The number of amides is 1. The monoisotopic (exact) mass is 353 g/mol. The highest BCUT2D eigenvalue weighted by Gasteiger charge is 2.18. The van der Waals surface area contributed by atoms with Gasteiger partial charge in [0.2, 0.25) is 0 Å². The molecule has 0 spiro atoms. The van der Waals surface area contributed by atoms with Gasteiger partial charge in [-0.25, -0.2) is 0 Å². The average Bonchev–Trinajstić information content (AvgIpc) is 2.61. The van der Waals surface area contributed by atoms with E-state index in [1.54, 1.807) is 11.3 Å². The highest BCUT2D eigenvalue weighted by molar-refractivity contribution is 14.1. The molecule has 5 heteroatoms. The number of carbonyl (C=O) groups is 1. The summed E-state index contributed by atoms with van der Waals surface area (Å²) in [4.78, 5) is 11.7. The zero-order valence-corrected chi connectivity index (χ0v) is 12.4. The van der Waals surface area contributed by atoms with E-state index in [1.165, 1.54) is 0 Å². The van der Waals surface area contributed by atoms with Crippen LogP contribution in [0, 0.1) is 8.30 Å². The lowest BCUT2D eigenvalue weighted by Crippen LogP contribution is -2.34. The molecule has 16 heavy (non-hydrogen) atoms. The van der Waals surface area contributed by atoms with E-state index in [0.717, 1.165) is 2.88 Å². The number of aliphatic hydroxyl groups excluding tert-OH is 1. The SMILES string of the molecule is CC(C)(CCO)CNC(=O)c1csc(I)c1. The summed E-state index contributed by atoms with van der Waals surface area (Å²) < 4.78 is 1.11. The van der Waals surface area contributed by atoms with E-state index in [9.17, 15) is 4.79 Å². The number of aliphatic hydroxyl groups is 1. The molecule has 0 bridgehead atoms. The Labute approximate surface area is 113 Å². The zero-order valence-electron chi connectivity index (χ0n) is 9.42. The molecule has 1 heterocycles. The van der Waals surface area contributed by atoms with E-state index in [4.69, 9.17) is 5.11 Å². The first-order valence-electron chi connectivity index (χ1n) is 5.08. The van der Waals surface area contributed by atoms with Gasteiger partial charge in [0.1, 0.15) is 0 Å². The Bertz CT molecular complexity index is 363. The molecule has 0 unspecified atom stereocenters. The quantitative estimate of drug-likeness (QED) is 0.800. The second-order valence-corrected chi connectivity index (χ2v) is 7.27. The molecule has 1 amide bonds. The normalized spacial score (nSPS) is 11.5. The number of hydrogen-bond donors (Lipinski definition) is 2. The van der Waals surface area contributed by atoms with E-state index in [2.05, 4.69) is 27.9 Å². The van der Waals surface area contributed by atoms with Gasteiger partial charge in [0.15, 0.2) is 0 Å². The summed E-state index contributed by atoms with van der Waals surface area (Å²) in [5, 5.41) is 13.6. The van der Waals surface area contributed by atoms with Crippen molar-refractivity contribution in [3.8, 4) is 0 Å². The molecular formula is C11H16INO2S. The van der Waals surface area contributed by atoms with Gasteiger partial charge in [-0.05, 0) is 40.5 Å². The fourth-order valence-corrected chi connectivity index (χ4v) is 2.57. The molecule has 0 atom stereocenters. The number of rotatable bonds is 5. The van der Waals surface area contributed by atoms with Crippen molar-refractivity contribution in [2.75, 3.05) is 13.2 Å². The lowest BCUT2D eigenvalue weighted by atomic mass is 9.90. The third kappa shape index (κ3) is 4.39. The number of halogens is 1. The summed E-state index contributed by atoms with van der Waals surface area (Å²) >= 11 is 3.76. The van der Waals surface area contributed by atoms with Crippen molar-refractivity contribution in [2.45, 2.75) is 20.3 Å². The second kappa shape index (κ2) is 5.97. The van der Waals surface area contributed by atoms with Crippen LogP contribution in [-0.4, -0.2) is 24.2 Å². The largest absolute Gasteiger partial charge is 0.396 e. The molecule has 0 saturated carbocycles.